The van der Waals surface area contributed by atoms with E-state index < -0.39 is 18.0 Å². The predicted molar refractivity (Wildman–Crippen MR) is 80.9 cm³/mol. The number of urea groups is 1. The number of hydrogen-bond acceptors (Lipinski definition) is 3. The second-order valence-corrected chi connectivity index (χ2v) is 5.02. The van der Waals surface area contributed by atoms with E-state index in [4.69, 9.17) is 21.4 Å². The Balaban J connectivity index is 2.61. The minimum atomic E-state index is -1.08. The lowest BCUT2D eigenvalue weighted by atomic mass is 10.1. The highest BCUT2D eigenvalue weighted by Gasteiger charge is 2.19. The zero-order chi connectivity index (χ0) is 15.8. The number of carboxylic acid groups (broad SMARTS) is 1. The number of carboxylic acids is 1. The molecule has 116 valence electrons. The third kappa shape index (κ3) is 6.01. The van der Waals surface area contributed by atoms with Gasteiger partial charge in [0.05, 0.1) is 0 Å². The minimum absolute atomic E-state index is 0.297. The van der Waals surface area contributed by atoms with Gasteiger partial charge < -0.3 is 20.5 Å². The van der Waals surface area contributed by atoms with Crippen LogP contribution >= 0.6 is 11.6 Å². The quantitative estimate of drug-likeness (QED) is 0.675. The molecule has 0 aliphatic heterocycles. The first-order valence-corrected chi connectivity index (χ1v) is 6.87. The summed E-state index contributed by atoms with van der Waals surface area (Å²) in [5, 5.41) is 14.6. The van der Waals surface area contributed by atoms with Crippen molar-refractivity contribution in [3.05, 3.63) is 28.8 Å². The maximum atomic E-state index is 11.9. The van der Waals surface area contributed by atoms with Crippen LogP contribution in [-0.4, -0.2) is 36.9 Å². The molecule has 0 aromatic heterocycles. The van der Waals surface area contributed by atoms with E-state index in [-0.39, 0.29) is 0 Å². The lowest BCUT2D eigenvalue weighted by Gasteiger charge is -2.16. The molecular formula is C14H19ClN2O4. The van der Waals surface area contributed by atoms with Crippen molar-refractivity contribution >= 4 is 29.3 Å². The Kier molecular flexibility index (Phi) is 6.98. The maximum absolute atomic E-state index is 11.9. The van der Waals surface area contributed by atoms with Gasteiger partial charge in [-0.05, 0) is 37.5 Å². The van der Waals surface area contributed by atoms with Crippen molar-refractivity contribution in [1.29, 1.82) is 0 Å². The highest BCUT2D eigenvalue weighted by Crippen LogP contribution is 2.20. The average Bonchev–Trinajstić information content (AvgIpc) is 2.42. The van der Waals surface area contributed by atoms with Gasteiger partial charge in [-0.15, -0.1) is 0 Å². The molecule has 2 amide bonds. The number of benzene rings is 1. The molecule has 0 radical (unpaired) electrons. The fourth-order valence-corrected chi connectivity index (χ4v) is 1.91. The lowest BCUT2D eigenvalue weighted by molar-refractivity contribution is -0.139. The van der Waals surface area contributed by atoms with Crippen molar-refractivity contribution in [2.24, 2.45) is 0 Å². The van der Waals surface area contributed by atoms with Crippen molar-refractivity contribution in [3.63, 3.8) is 0 Å². The van der Waals surface area contributed by atoms with Crippen LogP contribution in [0.3, 0.4) is 0 Å². The van der Waals surface area contributed by atoms with Crippen molar-refractivity contribution in [2.75, 3.05) is 19.0 Å². The highest BCUT2D eigenvalue weighted by atomic mass is 35.5. The number of aryl methyl sites for hydroxylation is 1. The summed E-state index contributed by atoms with van der Waals surface area (Å²) < 4.78 is 4.87. The molecule has 1 unspecified atom stereocenters. The molecule has 21 heavy (non-hydrogen) atoms. The Morgan fingerprint density at radius 2 is 2.14 bits per heavy atom. The van der Waals surface area contributed by atoms with Gasteiger partial charge in [0.15, 0.2) is 0 Å². The number of nitrogens with one attached hydrogen (secondary N) is 2. The zero-order valence-electron chi connectivity index (χ0n) is 12.0. The van der Waals surface area contributed by atoms with Crippen molar-refractivity contribution in [3.8, 4) is 0 Å². The van der Waals surface area contributed by atoms with E-state index >= 15 is 0 Å². The van der Waals surface area contributed by atoms with Gasteiger partial charge in [-0.3, -0.25) is 0 Å². The first-order valence-electron chi connectivity index (χ1n) is 6.49. The first kappa shape index (κ1) is 17.3. The molecule has 0 heterocycles. The topological polar surface area (TPSA) is 87.7 Å². The fourth-order valence-electron chi connectivity index (χ4n) is 1.73. The number of rotatable bonds is 7. The molecule has 0 aliphatic carbocycles. The Labute approximate surface area is 128 Å². The molecule has 7 heteroatoms. The SMILES string of the molecule is COCCCC(NC(=O)Nc1cc(Cl)ccc1C)C(=O)O. The van der Waals surface area contributed by atoms with Crippen molar-refractivity contribution in [1.82, 2.24) is 5.32 Å². The summed E-state index contributed by atoms with van der Waals surface area (Å²) >= 11 is 5.86. The standard InChI is InChI=1S/C14H19ClN2O4/c1-9-5-6-10(15)8-12(9)17-14(20)16-11(13(18)19)4-3-7-21-2/h5-6,8,11H,3-4,7H2,1-2H3,(H,18,19)(H2,16,17,20). The molecule has 6 nitrogen and oxygen atoms in total. The summed E-state index contributed by atoms with van der Waals surface area (Å²) in [7, 11) is 1.54. The minimum Gasteiger partial charge on any atom is -0.480 e. The molecular weight excluding hydrogens is 296 g/mol. The van der Waals surface area contributed by atoms with Crippen LogP contribution in [0.4, 0.5) is 10.5 Å². The van der Waals surface area contributed by atoms with Gasteiger partial charge >= 0.3 is 12.0 Å². The number of anilines is 1. The zero-order valence-corrected chi connectivity index (χ0v) is 12.7. The Morgan fingerprint density at radius 3 is 2.76 bits per heavy atom. The normalized spacial score (nSPS) is 11.8. The maximum Gasteiger partial charge on any atom is 0.326 e. The molecule has 0 saturated carbocycles. The second-order valence-electron chi connectivity index (χ2n) is 4.58. The van der Waals surface area contributed by atoms with E-state index in [9.17, 15) is 9.59 Å². The Hall–Kier alpha value is -1.79. The monoisotopic (exact) mass is 314 g/mol. The number of carbonyl (C=O) groups excluding carboxylic acids is 1. The molecule has 1 aromatic rings. The molecule has 0 spiro atoms. The van der Waals surface area contributed by atoms with Gasteiger partial charge in [0.1, 0.15) is 6.04 Å². The summed E-state index contributed by atoms with van der Waals surface area (Å²) in [5.74, 6) is -1.08. The average molecular weight is 315 g/mol. The van der Waals surface area contributed by atoms with Gasteiger partial charge in [0.2, 0.25) is 0 Å². The number of ether oxygens (including phenoxy) is 1. The number of amides is 2. The predicted octanol–water partition coefficient (Wildman–Crippen LogP) is 2.65. The van der Waals surface area contributed by atoms with Crippen LogP contribution in [0.2, 0.25) is 5.02 Å². The van der Waals surface area contributed by atoms with Crippen LogP contribution < -0.4 is 10.6 Å². The summed E-state index contributed by atoms with van der Waals surface area (Å²) in [5.41, 5.74) is 1.38. The molecule has 1 rings (SSSR count). The molecule has 0 fully saturated rings. The van der Waals surface area contributed by atoms with Gasteiger partial charge in [0, 0.05) is 24.4 Å². The smallest absolute Gasteiger partial charge is 0.326 e. The number of hydrogen-bond donors (Lipinski definition) is 3. The summed E-state index contributed by atoms with van der Waals surface area (Å²) in [6, 6.07) is 3.55. The third-order valence-electron chi connectivity index (χ3n) is 2.89. The number of aliphatic carboxylic acids is 1. The molecule has 0 saturated heterocycles. The molecule has 0 aliphatic rings. The molecule has 1 atom stereocenters. The number of carbonyl (C=O) groups is 2. The fraction of sp³-hybridized carbons (Fsp3) is 0.429. The molecule has 0 bridgehead atoms. The largest absolute Gasteiger partial charge is 0.480 e. The van der Waals surface area contributed by atoms with E-state index in [0.29, 0.717) is 30.2 Å². The van der Waals surface area contributed by atoms with Crippen LogP contribution in [0.1, 0.15) is 18.4 Å². The van der Waals surface area contributed by atoms with Crippen LogP contribution in [0.15, 0.2) is 18.2 Å². The first-order chi connectivity index (χ1) is 9.93. The summed E-state index contributed by atoms with van der Waals surface area (Å²) in [4.78, 5) is 23.0. The Morgan fingerprint density at radius 1 is 1.43 bits per heavy atom. The van der Waals surface area contributed by atoms with Crippen LogP contribution in [-0.2, 0) is 9.53 Å². The number of methoxy groups -OCH3 is 1. The van der Waals surface area contributed by atoms with Crippen LogP contribution in [0.5, 0.6) is 0 Å². The Bertz CT molecular complexity index is 508. The van der Waals surface area contributed by atoms with E-state index in [1.165, 1.54) is 7.11 Å². The van der Waals surface area contributed by atoms with E-state index in [1.54, 1.807) is 18.2 Å². The van der Waals surface area contributed by atoms with Gasteiger partial charge in [0.25, 0.3) is 0 Å². The highest BCUT2D eigenvalue weighted by molar-refractivity contribution is 6.31. The molecule has 3 N–H and O–H groups in total. The van der Waals surface area contributed by atoms with Crippen molar-refractivity contribution < 1.29 is 19.4 Å². The van der Waals surface area contributed by atoms with Crippen molar-refractivity contribution in [2.45, 2.75) is 25.8 Å². The van der Waals surface area contributed by atoms with Gasteiger partial charge in [-0.1, -0.05) is 17.7 Å². The van der Waals surface area contributed by atoms with Gasteiger partial charge in [-0.25, -0.2) is 9.59 Å². The van der Waals surface area contributed by atoms with Crippen LogP contribution in [0.25, 0.3) is 0 Å². The van der Waals surface area contributed by atoms with E-state index in [2.05, 4.69) is 10.6 Å². The lowest BCUT2D eigenvalue weighted by Crippen LogP contribution is -2.43. The second kappa shape index (κ2) is 8.49. The van der Waals surface area contributed by atoms with E-state index in [0.717, 1.165) is 5.56 Å². The molecule has 1 aromatic carbocycles. The summed E-state index contributed by atoms with van der Waals surface area (Å²) in [6.45, 7) is 2.26. The summed E-state index contributed by atoms with van der Waals surface area (Å²) in [6.07, 6.45) is 0.842. The van der Waals surface area contributed by atoms with Gasteiger partial charge in [-0.2, -0.15) is 0 Å². The third-order valence-corrected chi connectivity index (χ3v) is 3.13. The van der Waals surface area contributed by atoms with Crippen LogP contribution in [0, 0.1) is 6.92 Å². The number of halogens is 1. The van der Waals surface area contributed by atoms with E-state index in [1.807, 2.05) is 6.92 Å².